The first kappa shape index (κ1) is 18.1. The van der Waals surface area contributed by atoms with E-state index in [0.717, 1.165) is 12.1 Å². The highest BCUT2D eigenvalue weighted by Crippen LogP contribution is 2.12. The summed E-state index contributed by atoms with van der Waals surface area (Å²) in [6.07, 6.45) is 0. The van der Waals surface area contributed by atoms with Gasteiger partial charge in [-0.15, -0.1) is 0 Å². The van der Waals surface area contributed by atoms with Gasteiger partial charge in [-0.05, 0) is 26.0 Å². The Labute approximate surface area is 131 Å². The monoisotopic (exact) mass is 324 g/mol. The van der Waals surface area contributed by atoms with Crippen LogP contribution in [0, 0.1) is 10.1 Å². The Morgan fingerprint density at radius 3 is 1.96 bits per heavy atom. The first-order chi connectivity index (χ1) is 10.9. The summed E-state index contributed by atoms with van der Waals surface area (Å²) < 4.78 is 9.43. The summed E-state index contributed by atoms with van der Waals surface area (Å²) in [6.45, 7) is 3.17. The summed E-state index contributed by atoms with van der Waals surface area (Å²) >= 11 is 0. The normalized spacial score (nSPS) is 10.0. The molecule has 1 amide bonds. The van der Waals surface area contributed by atoms with E-state index in [1.54, 1.807) is 13.8 Å². The Hall–Kier alpha value is -2.97. The molecule has 0 bridgehead atoms. The number of carbonyl (C=O) groups excluding carboxylic acids is 3. The predicted octanol–water partition coefficient (Wildman–Crippen LogP) is 0.819. The number of ether oxygens (including phenoxy) is 2. The van der Waals surface area contributed by atoms with Crippen LogP contribution in [0.4, 0.5) is 5.69 Å². The molecule has 1 rings (SSSR count). The molecule has 1 aromatic carbocycles. The van der Waals surface area contributed by atoms with Crippen LogP contribution in [0.15, 0.2) is 24.3 Å². The summed E-state index contributed by atoms with van der Waals surface area (Å²) in [7, 11) is 0. The largest absolute Gasteiger partial charge is 0.464 e. The molecule has 0 spiro atoms. The van der Waals surface area contributed by atoms with Gasteiger partial charge >= 0.3 is 11.9 Å². The molecule has 1 aromatic rings. The van der Waals surface area contributed by atoms with Crippen molar-refractivity contribution in [2.75, 3.05) is 13.2 Å². The van der Waals surface area contributed by atoms with E-state index in [9.17, 15) is 24.5 Å². The van der Waals surface area contributed by atoms with E-state index in [-0.39, 0.29) is 24.5 Å². The lowest BCUT2D eigenvalue weighted by Gasteiger charge is -2.15. The number of carbonyl (C=O) groups is 3. The van der Waals surface area contributed by atoms with Crippen molar-refractivity contribution < 1.29 is 28.8 Å². The van der Waals surface area contributed by atoms with Crippen LogP contribution in [0.1, 0.15) is 24.2 Å². The number of nitrogens with one attached hydrogen (secondary N) is 1. The molecule has 0 heterocycles. The summed E-state index contributed by atoms with van der Waals surface area (Å²) in [5.74, 6) is -2.64. The van der Waals surface area contributed by atoms with Gasteiger partial charge in [0.2, 0.25) is 6.04 Å². The Morgan fingerprint density at radius 2 is 1.57 bits per heavy atom. The van der Waals surface area contributed by atoms with Crippen LogP contribution in [0.25, 0.3) is 0 Å². The van der Waals surface area contributed by atoms with Crippen molar-refractivity contribution in [2.45, 2.75) is 19.9 Å². The maximum Gasteiger partial charge on any atom is 0.340 e. The molecule has 0 saturated carbocycles. The van der Waals surface area contributed by atoms with Gasteiger partial charge < -0.3 is 14.8 Å². The van der Waals surface area contributed by atoms with Crippen LogP contribution < -0.4 is 5.32 Å². The van der Waals surface area contributed by atoms with Crippen LogP contribution in [0.2, 0.25) is 0 Å². The van der Waals surface area contributed by atoms with Gasteiger partial charge in [-0.1, -0.05) is 0 Å². The zero-order chi connectivity index (χ0) is 17.4. The second-order valence-corrected chi connectivity index (χ2v) is 4.21. The lowest BCUT2D eigenvalue weighted by atomic mass is 10.2. The van der Waals surface area contributed by atoms with Gasteiger partial charge in [0.1, 0.15) is 0 Å². The van der Waals surface area contributed by atoms with Crippen molar-refractivity contribution in [1.82, 2.24) is 5.32 Å². The number of nitro benzene ring substituents is 1. The number of hydrogen-bond donors (Lipinski definition) is 1. The van der Waals surface area contributed by atoms with E-state index in [1.165, 1.54) is 12.1 Å². The molecule has 0 fully saturated rings. The van der Waals surface area contributed by atoms with Gasteiger partial charge in [-0.2, -0.15) is 0 Å². The third-order valence-electron chi connectivity index (χ3n) is 2.66. The topological polar surface area (TPSA) is 125 Å². The van der Waals surface area contributed by atoms with Gasteiger partial charge in [0.15, 0.2) is 0 Å². The Balaban J connectivity index is 2.89. The van der Waals surface area contributed by atoms with Crippen LogP contribution in [-0.4, -0.2) is 42.0 Å². The fourth-order valence-electron chi connectivity index (χ4n) is 1.61. The fraction of sp³-hybridized carbons (Fsp3) is 0.357. The average Bonchev–Trinajstić information content (AvgIpc) is 2.52. The predicted molar refractivity (Wildman–Crippen MR) is 77.6 cm³/mol. The molecule has 9 nitrogen and oxygen atoms in total. The van der Waals surface area contributed by atoms with E-state index in [1.807, 2.05) is 0 Å². The van der Waals surface area contributed by atoms with E-state index < -0.39 is 28.8 Å². The minimum Gasteiger partial charge on any atom is -0.464 e. The molecule has 23 heavy (non-hydrogen) atoms. The molecule has 0 aliphatic carbocycles. The van der Waals surface area contributed by atoms with Crippen LogP contribution >= 0.6 is 0 Å². The van der Waals surface area contributed by atoms with Crippen molar-refractivity contribution in [3.8, 4) is 0 Å². The molecule has 0 aromatic heterocycles. The first-order valence-electron chi connectivity index (χ1n) is 6.79. The van der Waals surface area contributed by atoms with E-state index >= 15 is 0 Å². The summed E-state index contributed by atoms with van der Waals surface area (Å²) in [4.78, 5) is 45.5. The molecule has 1 N–H and O–H groups in total. The van der Waals surface area contributed by atoms with Crippen molar-refractivity contribution in [2.24, 2.45) is 0 Å². The van der Waals surface area contributed by atoms with Crippen molar-refractivity contribution in [3.63, 3.8) is 0 Å². The van der Waals surface area contributed by atoms with E-state index in [2.05, 4.69) is 5.32 Å². The molecule has 9 heteroatoms. The third kappa shape index (κ3) is 5.06. The molecule has 0 atom stereocenters. The number of amides is 1. The van der Waals surface area contributed by atoms with E-state index in [0.29, 0.717) is 0 Å². The van der Waals surface area contributed by atoms with Crippen molar-refractivity contribution >= 4 is 23.5 Å². The number of esters is 2. The summed E-state index contributed by atoms with van der Waals surface area (Å²) in [5.41, 5.74) is -0.136. The number of nitro groups is 1. The van der Waals surface area contributed by atoms with Gasteiger partial charge in [0.25, 0.3) is 11.6 Å². The Bertz CT molecular complexity index is 580. The fourth-order valence-corrected chi connectivity index (χ4v) is 1.61. The maximum atomic E-state index is 12.1. The average molecular weight is 324 g/mol. The second-order valence-electron chi connectivity index (χ2n) is 4.21. The molecule has 0 saturated heterocycles. The maximum absolute atomic E-state index is 12.1. The standard InChI is InChI=1S/C14H16N2O7/c1-3-22-13(18)11(14(19)23-4-2)15-12(17)9-5-7-10(8-6-9)16(20)21/h5-8,11H,3-4H2,1-2H3,(H,15,17). The van der Waals surface area contributed by atoms with Crippen molar-refractivity contribution in [3.05, 3.63) is 39.9 Å². The number of hydrogen-bond acceptors (Lipinski definition) is 7. The van der Waals surface area contributed by atoms with Gasteiger partial charge in [0, 0.05) is 17.7 Å². The lowest BCUT2D eigenvalue weighted by molar-refractivity contribution is -0.384. The molecule has 124 valence electrons. The molecular formula is C14H16N2O7. The molecule has 0 radical (unpaired) electrons. The summed E-state index contributed by atoms with van der Waals surface area (Å²) in [5, 5.41) is 12.8. The van der Waals surface area contributed by atoms with Crippen LogP contribution in [0.5, 0.6) is 0 Å². The minimum absolute atomic E-state index is 0.0299. The molecule has 0 unspecified atom stereocenters. The molecular weight excluding hydrogens is 308 g/mol. The van der Waals surface area contributed by atoms with Gasteiger partial charge in [-0.3, -0.25) is 14.9 Å². The summed E-state index contributed by atoms with van der Waals surface area (Å²) in [6, 6.07) is 3.09. The number of rotatable bonds is 7. The minimum atomic E-state index is -1.60. The number of non-ortho nitro benzene ring substituents is 1. The van der Waals surface area contributed by atoms with Gasteiger partial charge in [-0.25, -0.2) is 9.59 Å². The highest BCUT2D eigenvalue weighted by Gasteiger charge is 2.31. The first-order valence-corrected chi connectivity index (χ1v) is 6.79. The Morgan fingerprint density at radius 1 is 1.09 bits per heavy atom. The quantitative estimate of drug-likeness (QED) is 0.340. The molecule has 0 aliphatic heterocycles. The second kappa shape index (κ2) is 8.47. The zero-order valence-electron chi connectivity index (χ0n) is 12.6. The lowest BCUT2D eigenvalue weighted by Crippen LogP contribution is -2.48. The highest BCUT2D eigenvalue weighted by molar-refractivity contribution is 6.05. The van der Waals surface area contributed by atoms with Crippen molar-refractivity contribution in [1.29, 1.82) is 0 Å². The van der Waals surface area contributed by atoms with E-state index in [4.69, 9.17) is 9.47 Å². The van der Waals surface area contributed by atoms with Crippen LogP contribution in [-0.2, 0) is 19.1 Å². The van der Waals surface area contributed by atoms with Crippen LogP contribution in [0.3, 0.4) is 0 Å². The third-order valence-corrected chi connectivity index (χ3v) is 2.66. The number of benzene rings is 1. The Kier molecular flexibility index (Phi) is 6.66. The smallest absolute Gasteiger partial charge is 0.340 e. The highest BCUT2D eigenvalue weighted by atomic mass is 16.6. The number of nitrogens with zero attached hydrogens (tertiary/aromatic N) is 1. The zero-order valence-corrected chi connectivity index (χ0v) is 12.6. The van der Waals surface area contributed by atoms with Gasteiger partial charge in [0.05, 0.1) is 18.1 Å². The SMILES string of the molecule is CCOC(=O)C(NC(=O)c1ccc([N+](=O)[O-])cc1)C(=O)OCC. The molecule has 0 aliphatic rings.